The summed E-state index contributed by atoms with van der Waals surface area (Å²) in [6, 6.07) is 5.64. The topological polar surface area (TPSA) is 120 Å². The van der Waals surface area contributed by atoms with Crippen molar-refractivity contribution in [2.24, 2.45) is 5.41 Å². The number of carbonyl (C=O) groups is 2. The van der Waals surface area contributed by atoms with Crippen molar-refractivity contribution in [3.05, 3.63) is 64.5 Å². The normalized spacial score (nSPS) is 13.8. The predicted octanol–water partition coefficient (Wildman–Crippen LogP) is 5.94. The van der Waals surface area contributed by atoms with Crippen molar-refractivity contribution in [3.63, 3.8) is 0 Å². The Labute approximate surface area is 244 Å². The number of nitrogen functional groups attached to an aromatic ring is 1. The molecule has 2 aromatic carbocycles. The second-order valence-electron chi connectivity index (χ2n) is 12.3. The Morgan fingerprint density at radius 3 is 2.55 bits per heavy atom. The summed E-state index contributed by atoms with van der Waals surface area (Å²) in [5.41, 5.74) is 7.78. The third kappa shape index (κ3) is 6.78. The highest BCUT2D eigenvalue weighted by molar-refractivity contribution is 6.05. The molecule has 2 amide bonds. The number of carbonyl (C=O) groups excluding carboxylic acids is 2. The van der Waals surface area contributed by atoms with Gasteiger partial charge in [-0.1, -0.05) is 19.9 Å². The molecular weight excluding hydrogens is 544 g/mol. The largest absolute Gasteiger partial charge is 0.486 e. The van der Waals surface area contributed by atoms with Crippen LogP contribution in [0.2, 0.25) is 0 Å². The average molecular weight is 582 g/mol. The Kier molecular flexibility index (Phi) is 8.43. The van der Waals surface area contributed by atoms with Crippen molar-refractivity contribution >= 4 is 23.5 Å². The minimum absolute atomic E-state index is 0.0114. The van der Waals surface area contributed by atoms with E-state index in [2.05, 4.69) is 29.1 Å². The highest BCUT2D eigenvalue weighted by Gasteiger charge is 2.32. The Morgan fingerprint density at radius 2 is 1.86 bits per heavy atom. The first-order chi connectivity index (χ1) is 19.6. The van der Waals surface area contributed by atoms with Gasteiger partial charge in [0, 0.05) is 18.3 Å². The van der Waals surface area contributed by atoms with Crippen molar-refractivity contribution < 1.29 is 27.8 Å². The van der Waals surface area contributed by atoms with Gasteiger partial charge in [-0.3, -0.25) is 4.79 Å². The maximum absolute atomic E-state index is 15.4. The van der Waals surface area contributed by atoms with Gasteiger partial charge in [0.05, 0.1) is 12.1 Å². The van der Waals surface area contributed by atoms with Gasteiger partial charge < -0.3 is 25.4 Å². The molecule has 1 aliphatic rings. The van der Waals surface area contributed by atoms with Crippen LogP contribution in [0.25, 0.3) is 11.3 Å². The average Bonchev–Trinajstić information content (AvgIpc) is 3.21. The number of ether oxygens (including phenoxy) is 2. The molecule has 11 heteroatoms. The van der Waals surface area contributed by atoms with E-state index in [-0.39, 0.29) is 47.1 Å². The first-order valence-electron chi connectivity index (χ1n) is 13.7. The van der Waals surface area contributed by atoms with Crippen molar-refractivity contribution in [1.29, 1.82) is 0 Å². The number of hydrogen-bond acceptors (Lipinski definition) is 7. The Balaban J connectivity index is 1.57. The lowest BCUT2D eigenvalue weighted by Crippen LogP contribution is -2.36. The summed E-state index contributed by atoms with van der Waals surface area (Å²) in [5, 5.41) is 2.66. The number of likely N-dealkylation sites (N-methyl/N-ethyl adjacent to an activating group) is 1. The summed E-state index contributed by atoms with van der Waals surface area (Å²) in [6.07, 6.45) is 1.96. The zero-order chi connectivity index (χ0) is 31.0. The standard InChI is InChI=1S/C31H37F2N5O4/c1-17-21(25-26(27(34)36-16-35-25)41-11-10-38(7)29(40)42-30(2,3)4)12-19(32)13-23(17)37-28(39)20-9-8-18-14-31(5,6)15-22(18)24(20)33/h8-9,12-13,16H,10-11,14-15H2,1-7H3,(H,37,39)(H2,34,35,36). The summed E-state index contributed by atoms with van der Waals surface area (Å²) in [7, 11) is 1.57. The second kappa shape index (κ2) is 11.5. The van der Waals surface area contributed by atoms with Crippen molar-refractivity contribution in [2.45, 2.75) is 60.0 Å². The van der Waals surface area contributed by atoms with Gasteiger partial charge in [0.25, 0.3) is 5.91 Å². The molecule has 0 spiro atoms. The van der Waals surface area contributed by atoms with E-state index < -0.39 is 29.2 Å². The lowest BCUT2D eigenvalue weighted by molar-refractivity contribution is 0.0278. The zero-order valence-corrected chi connectivity index (χ0v) is 25.0. The van der Waals surface area contributed by atoms with E-state index in [0.29, 0.717) is 23.1 Å². The van der Waals surface area contributed by atoms with Crippen LogP contribution in [0.1, 0.15) is 61.7 Å². The molecule has 0 fully saturated rings. The third-order valence-electron chi connectivity index (χ3n) is 6.99. The number of nitrogens with one attached hydrogen (secondary N) is 1. The van der Waals surface area contributed by atoms with Crippen molar-refractivity contribution in [2.75, 3.05) is 31.2 Å². The van der Waals surface area contributed by atoms with Crippen LogP contribution < -0.4 is 15.8 Å². The maximum Gasteiger partial charge on any atom is 0.410 e. The van der Waals surface area contributed by atoms with E-state index in [1.807, 2.05) is 0 Å². The Bertz CT molecular complexity index is 1530. The lowest BCUT2D eigenvalue weighted by atomic mass is 9.90. The molecule has 42 heavy (non-hydrogen) atoms. The van der Waals surface area contributed by atoms with Gasteiger partial charge in [-0.05, 0) is 80.8 Å². The molecule has 0 bridgehead atoms. The fraction of sp³-hybridized carbons (Fsp3) is 0.419. The van der Waals surface area contributed by atoms with E-state index >= 15 is 4.39 Å². The van der Waals surface area contributed by atoms with E-state index in [1.165, 1.54) is 23.4 Å². The van der Waals surface area contributed by atoms with Crippen molar-refractivity contribution in [1.82, 2.24) is 14.9 Å². The van der Waals surface area contributed by atoms with Crippen LogP contribution in [0.5, 0.6) is 5.75 Å². The minimum Gasteiger partial charge on any atom is -0.486 e. The number of nitrogens with two attached hydrogens (primary N) is 1. The molecule has 0 unspecified atom stereocenters. The van der Waals surface area contributed by atoms with Crippen molar-refractivity contribution in [3.8, 4) is 17.0 Å². The van der Waals surface area contributed by atoms with Crippen LogP contribution in [0.15, 0.2) is 30.6 Å². The van der Waals surface area contributed by atoms with Gasteiger partial charge >= 0.3 is 6.09 Å². The van der Waals surface area contributed by atoms with Crippen LogP contribution in [0, 0.1) is 24.0 Å². The number of benzene rings is 2. The van der Waals surface area contributed by atoms with Gasteiger partial charge in [0.15, 0.2) is 11.6 Å². The smallest absolute Gasteiger partial charge is 0.410 e. The van der Waals surface area contributed by atoms with E-state index in [4.69, 9.17) is 15.2 Å². The number of rotatable bonds is 7. The summed E-state index contributed by atoms with van der Waals surface area (Å²) in [5.74, 6) is -1.80. The highest BCUT2D eigenvalue weighted by Crippen LogP contribution is 2.39. The summed E-state index contributed by atoms with van der Waals surface area (Å²) in [6.45, 7) is 11.3. The zero-order valence-electron chi connectivity index (χ0n) is 25.0. The predicted molar refractivity (Wildman–Crippen MR) is 156 cm³/mol. The summed E-state index contributed by atoms with van der Waals surface area (Å²) < 4.78 is 41.5. The third-order valence-corrected chi connectivity index (χ3v) is 6.99. The van der Waals surface area contributed by atoms with Gasteiger partial charge in [-0.2, -0.15) is 0 Å². The first kappa shape index (κ1) is 30.7. The molecule has 0 aliphatic heterocycles. The Morgan fingerprint density at radius 1 is 1.14 bits per heavy atom. The van der Waals surface area contributed by atoms with Gasteiger partial charge in [-0.15, -0.1) is 0 Å². The SMILES string of the molecule is Cc1c(NC(=O)c2ccc3c(c2F)CC(C)(C)C3)cc(F)cc1-c1ncnc(N)c1OCCN(C)C(=O)OC(C)(C)C. The van der Waals surface area contributed by atoms with Gasteiger partial charge in [0.2, 0.25) is 0 Å². The number of hydrogen-bond donors (Lipinski definition) is 2. The molecule has 9 nitrogen and oxygen atoms in total. The van der Waals surface area contributed by atoms with E-state index in [0.717, 1.165) is 18.1 Å². The van der Waals surface area contributed by atoms with Crippen LogP contribution in [-0.4, -0.2) is 52.7 Å². The van der Waals surface area contributed by atoms with E-state index in [9.17, 15) is 14.0 Å². The quantitative estimate of drug-likeness (QED) is 0.355. The molecule has 1 aromatic heterocycles. The van der Waals surface area contributed by atoms with Crippen LogP contribution in [0.4, 0.5) is 25.1 Å². The number of amides is 2. The monoisotopic (exact) mass is 581 g/mol. The molecule has 0 atom stereocenters. The van der Waals surface area contributed by atoms with Crippen LogP contribution >= 0.6 is 0 Å². The molecular formula is C31H37F2N5O4. The van der Waals surface area contributed by atoms with Gasteiger partial charge in [0.1, 0.15) is 35.9 Å². The molecule has 0 saturated heterocycles. The molecule has 224 valence electrons. The maximum atomic E-state index is 15.4. The van der Waals surface area contributed by atoms with Crippen LogP contribution in [-0.2, 0) is 17.6 Å². The molecule has 4 rings (SSSR count). The number of nitrogens with zero attached hydrogens (tertiary/aromatic N) is 3. The number of anilines is 2. The number of fused-ring (bicyclic) bond motifs is 1. The lowest BCUT2D eigenvalue weighted by Gasteiger charge is -2.24. The first-order valence-corrected chi connectivity index (χ1v) is 13.7. The summed E-state index contributed by atoms with van der Waals surface area (Å²) in [4.78, 5) is 35.1. The molecule has 0 radical (unpaired) electrons. The molecule has 3 aromatic rings. The Hall–Kier alpha value is -4.28. The minimum atomic E-state index is -0.691. The number of aromatic nitrogens is 2. The fourth-order valence-corrected chi connectivity index (χ4v) is 4.93. The van der Waals surface area contributed by atoms with E-state index in [1.54, 1.807) is 40.8 Å². The molecule has 0 saturated carbocycles. The molecule has 1 aliphatic carbocycles. The van der Waals surface area contributed by atoms with Crippen LogP contribution in [0.3, 0.4) is 0 Å². The molecule has 1 heterocycles. The highest BCUT2D eigenvalue weighted by atomic mass is 19.1. The summed E-state index contributed by atoms with van der Waals surface area (Å²) >= 11 is 0. The van der Waals surface area contributed by atoms with Gasteiger partial charge in [-0.25, -0.2) is 23.5 Å². The number of halogens is 2. The fourth-order valence-electron chi connectivity index (χ4n) is 4.93. The second-order valence-corrected chi connectivity index (χ2v) is 12.3. The molecule has 3 N–H and O–H groups in total.